The number of carboxylic acid groups (broad SMARTS) is 1. The van der Waals surface area contributed by atoms with E-state index in [-0.39, 0.29) is 4.60 Å². The molecular weight excluding hydrogens is 250 g/mol. The molecule has 1 rings (SSSR count). The van der Waals surface area contributed by atoms with Gasteiger partial charge in [0.15, 0.2) is 0 Å². The van der Waals surface area contributed by atoms with Gasteiger partial charge in [-0.3, -0.25) is 4.68 Å². The highest BCUT2D eigenvalue weighted by molar-refractivity contribution is 9.10. The first kappa shape index (κ1) is 10.1. The van der Waals surface area contributed by atoms with Crippen LogP contribution in [0.1, 0.15) is 22.5 Å². The van der Waals surface area contributed by atoms with Crippen molar-refractivity contribution >= 4 is 21.9 Å². The smallest absolute Gasteiger partial charge is 0.340 e. The van der Waals surface area contributed by atoms with E-state index in [0.29, 0.717) is 0 Å². The summed E-state index contributed by atoms with van der Waals surface area (Å²) in [6.07, 6.45) is -2.89. The fourth-order valence-electron chi connectivity index (χ4n) is 0.874. The molecule has 0 fully saturated rings. The number of nitrogens with zero attached hydrogens (tertiary/aromatic N) is 2. The number of hydrogen-bond donors (Lipinski definition) is 1. The summed E-state index contributed by atoms with van der Waals surface area (Å²) in [4.78, 5) is 10.5. The van der Waals surface area contributed by atoms with E-state index in [1.807, 2.05) is 0 Å². The van der Waals surface area contributed by atoms with Gasteiger partial charge in [0.25, 0.3) is 6.43 Å². The van der Waals surface area contributed by atoms with Crippen molar-refractivity contribution in [3.05, 3.63) is 15.9 Å². The summed E-state index contributed by atoms with van der Waals surface area (Å²) in [5.74, 6) is -1.42. The predicted molar refractivity (Wildman–Crippen MR) is 42.8 cm³/mol. The third kappa shape index (κ3) is 1.69. The molecule has 0 radical (unpaired) electrons. The number of carbonyl (C=O) groups is 1. The fraction of sp³-hybridized carbons (Fsp3) is 0.333. The number of rotatable bonds is 2. The Kier molecular flexibility index (Phi) is 2.65. The summed E-state index contributed by atoms with van der Waals surface area (Å²) in [5.41, 5.74) is -1.21. The van der Waals surface area contributed by atoms with Gasteiger partial charge in [-0.25, -0.2) is 13.6 Å². The van der Waals surface area contributed by atoms with Gasteiger partial charge in [0.05, 0.1) is 0 Å². The number of aromatic nitrogens is 2. The zero-order valence-electron chi connectivity index (χ0n) is 6.46. The number of aryl methyl sites for hydroxylation is 1. The molecule has 0 unspecified atom stereocenters. The molecule has 0 aliphatic heterocycles. The molecule has 7 heteroatoms. The Morgan fingerprint density at radius 3 is 2.54 bits per heavy atom. The van der Waals surface area contributed by atoms with Crippen molar-refractivity contribution in [1.29, 1.82) is 0 Å². The maximum absolute atomic E-state index is 12.2. The predicted octanol–water partition coefficient (Wildman–Crippen LogP) is 1.82. The normalized spacial score (nSPS) is 10.8. The molecule has 72 valence electrons. The molecule has 0 aliphatic carbocycles. The summed E-state index contributed by atoms with van der Waals surface area (Å²) >= 11 is 2.86. The third-order valence-corrected chi connectivity index (χ3v) is 2.33. The lowest BCUT2D eigenvalue weighted by Crippen LogP contribution is -2.01. The van der Waals surface area contributed by atoms with Gasteiger partial charge in [-0.2, -0.15) is 5.10 Å². The van der Waals surface area contributed by atoms with Gasteiger partial charge in [-0.15, -0.1) is 0 Å². The summed E-state index contributed by atoms with van der Waals surface area (Å²) in [7, 11) is 1.38. The number of alkyl halides is 2. The zero-order valence-corrected chi connectivity index (χ0v) is 8.05. The van der Waals surface area contributed by atoms with Crippen molar-refractivity contribution in [2.45, 2.75) is 6.43 Å². The first-order chi connectivity index (χ1) is 5.95. The van der Waals surface area contributed by atoms with Crippen molar-refractivity contribution in [2.24, 2.45) is 7.05 Å². The Balaban J connectivity index is 3.35. The molecule has 1 heterocycles. The lowest BCUT2D eigenvalue weighted by atomic mass is 10.2. The largest absolute Gasteiger partial charge is 0.478 e. The van der Waals surface area contributed by atoms with Crippen molar-refractivity contribution < 1.29 is 18.7 Å². The average Bonchev–Trinajstić information content (AvgIpc) is 2.28. The van der Waals surface area contributed by atoms with Crippen LogP contribution >= 0.6 is 15.9 Å². The molecule has 1 N–H and O–H groups in total. The van der Waals surface area contributed by atoms with Gasteiger partial charge in [0, 0.05) is 7.05 Å². The molecule has 0 aromatic carbocycles. The van der Waals surface area contributed by atoms with Crippen LogP contribution < -0.4 is 0 Å². The molecule has 13 heavy (non-hydrogen) atoms. The SMILES string of the molecule is Cn1nc(C(F)F)c(C(=O)O)c1Br. The Morgan fingerprint density at radius 1 is 1.69 bits per heavy atom. The highest BCUT2D eigenvalue weighted by Gasteiger charge is 2.26. The Labute approximate surface area is 80.3 Å². The van der Waals surface area contributed by atoms with Gasteiger partial charge in [0.1, 0.15) is 15.9 Å². The molecule has 0 atom stereocenters. The minimum Gasteiger partial charge on any atom is -0.478 e. The van der Waals surface area contributed by atoms with Crippen LogP contribution in [0.5, 0.6) is 0 Å². The van der Waals surface area contributed by atoms with E-state index in [9.17, 15) is 13.6 Å². The van der Waals surface area contributed by atoms with Crippen LogP contribution in [0.25, 0.3) is 0 Å². The minimum absolute atomic E-state index is 0.0373. The fourth-order valence-corrected chi connectivity index (χ4v) is 1.33. The Morgan fingerprint density at radius 2 is 2.23 bits per heavy atom. The first-order valence-corrected chi connectivity index (χ1v) is 3.98. The maximum Gasteiger partial charge on any atom is 0.340 e. The molecule has 0 bridgehead atoms. The van der Waals surface area contributed by atoms with Crippen LogP contribution in [0.2, 0.25) is 0 Å². The molecule has 4 nitrogen and oxygen atoms in total. The summed E-state index contributed by atoms with van der Waals surface area (Å²) in [6.45, 7) is 0. The molecular formula is C6H5BrF2N2O2. The molecule has 0 amide bonds. The van der Waals surface area contributed by atoms with Crippen molar-refractivity contribution in [1.82, 2.24) is 9.78 Å². The molecule has 0 aliphatic rings. The second kappa shape index (κ2) is 3.41. The van der Waals surface area contributed by atoms with Crippen LogP contribution in [0, 0.1) is 0 Å². The van der Waals surface area contributed by atoms with Crippen LogP contribution in [0.3, 0.4) is 0 Å². The first-order valence-electron chi connectivity index (χ1n) is 3.19. The lowest BCUT2D eigenvalue weighted by molar-refractivity contribution is 0.0683. The highest BCUT2D eigenvalue weighted by atomic mass is 79.9. The van der Waals surface area contributed by atoms with Gasteiger partial charge >= 0.3 is 5.97 Å². The zero-order chi connectivity index (χ0) is 10.2. The Hall–Kier alpha value is -0.980. The van der Waals surface area contributed by atoms with E-state index in [1.54, 1.807) is 0 Å². The molecule has 0 saturated carbocycles. The maximum atomic E-state index is 12.2. The number of halogens is 3. The van der Waals surface area contributed by atoms with E-state index in [2.05, 4.69) is 21.0 Å². The van der Waals surface area contributed by atoms with Crippen molar-refractivity contribution in [2.75, 3.05) is 0 Å². The molecule has 0 saturated heterocycles. The topological polar surface area (TPSA) is 55.1 Å². The molecule has 1 aromatic heterocycles. The monoisotopic (exact) mass is 254 g/mol. The van der Waals surface area contributed by atoms with Gasteiger partial charge in [-0.05, 0) is 15.9 Å². The summed E-state index contributed by atoms with van der Waals surface area (Å²) < 4.78 is 25.5. The quantitative estimate of drug-likeness (QED) is 0.876. The van der Waals surface area contributed by atoms with Gasteiger partial charge < -0.3 is 5.11 Å². The van der Waals surface area contributed by atoms with Crippen LogP contribution in [-0.2, 0) is 7.05 Å². The standard InChI is InChI=1S/C6H5BrF2N2O2/c1-11-4(7)2(6(12)13)3(10-11)5(8)9/h5H,1H3,(H,12,13). The second-order valence-corrected chi connectivity index (χ2v) is 3.03. The van der Waals surface area contributed by atoms with Gasteiger partial charge in [0.2, 0.25) is 0 Å². The van der Waals surface area contributed by atoms with Gasteiger partial charge in [-0.1, -0.05) is 0 Å². The van der Waals surface area contributed by atoms with E-state index in [1.165, 1.54) is 7.05 Å². The lowest BCUT2D eigenvalue weighted by Gasteiger charge is -1.94. The number of hydrogen-bond acceptors (Lipinski definition) is 2. The minimum atomic E-state index is -2.89. The highest BCUT2D eigenvalue weighted by Crippen LogP contribution is 2.27. The van der Waals surface area contributed by atoms with Crippen molar-refractivity contribution in [3.8, 4) is 0 Å². The Bertz CT molecular complexity index is 351. The van der Waals surface area contributed by atoms with Crippen LogP contribution in [0.15, 0.2) is 4.60 Å². The van der Waals surface area contributed by atoms with Crippen molar-refractivity contribution in [3.63, 3.8) is 0 Å². The average molecular weight is 255 g/mol. The van der Waals surface area contributed by atoms with E-state index in [0.717, 1.165) is 4.68 Å². The second-order valence-electron chi connectivity index (χ2n) is 2.28. The van der Waals surface area contributed by atoms with E-state index >= 15 is 0 Å². The van der Waals surface area contributed by atoms with E-state index < -0.39 is 23.7 Å². The third-order valence-electron chi connectivity index (χ3n) is 1.42. The molecule has 1 aromatic rings. The van der Waals surface area contributed by atoms with Crippen LogP contribution in [-0.4, -0.2) is 20.9 Å². The van der Waals surface area contributed by atoms with E-state index in [4.69, 9.17) is 5.11 Å². The number of carboxylic acids is 1. The summed E-state index contributed by atoms with van der Waals surface area (Å²) in [5, 5.41) is 12.0. The number of aromatic carboxylic acids is 1. The molecule has 0 spiro atoms. The summed E-state index contributed by atoms with van der Waals surface area (Å²) in [6, 6.07) is 0. The van der Waals surface area contributed by atoms with Crippen LogP contribution in [0.4, 0.5) is 8.78 Å².